The summed E-state index contributed by atoms with van der Waals surface area (Å²) in [6.07, 6.45) is 0. The Hall–Kier alpha value is -2.84. The van der Waals surface area contributed by atoms with Gasteiger partial charge in [-0.1, -0.05) is 45.8 Å². The Balaban J connectivity index is 1.52. The standard InChI is InChI=1S/C22H21BrN2O4S/c1-16-3-2-4-17(13-16)14-24-22(26)15-29-20-9-11-21(12-10-20)30(27,28)25-19-7-5-18(23)6-8-19/h2-13,25H,14-15H2,1H3,(H,24,26). The molecular formula is C22H21BrN2O4S. The molecular weight excluding hydrogens is 468 g/mol. The smallest absolute Gasteiger partial charge is 0.261 e. The molecule has 0 aliphatic heterocycles. The highest BCUT2D eigenvalue weighted by Gasteiger charge is 2.14. The molecule has 1 amide bonds. The summed E-state index contributed by atoms with van der Waals surface area (Å²) in [5.41, 5.74) is 2.60. The Morgan fingerprint density at radius 1 is 1.00 bits per heavy atom. The van der Waals surface area contributed by atoms with Crippen LogP contribution in [0.3, 0.4) is 0 Å². The topological polar surface area (TPSA) is 84.5 Å². The zero-order valence-electron chi connectivity index (χ0n) is 16.3. The zero-order valence-corrected chi connectivity index (χ0v) is 18.7. The SMILES string of the molecule is Cc1cccc(CNC(=O)COc2ccc(S(=O)(=O)Nc3ccc(Br)cc3)cc2)c1. The molecule has 3 aromatic rings. The van der Waals surface area contributed by atoms with Crippen molar-refractivity contribution < 1.29 is 17.9 Å². The second kappa shape index (κ2) is 9.77. The number of benzene rings is 3. The molecule has 0 aliphatic rings. The average molecular weight is 489 g/mol. The zero-order chi connectivity index (χ0) is 21.6. The van der Waals surface area contributed by atoms with Gasteiger partial charge in [-0.05, 0) is 61.0 Å². The number of sulfonamides is 1. The van der Waals surface area contributed by atoms with Crippen LogP contribution in [0.4, 0.5) is 5.69 Å². The second-order valence-corrected chi connectivity index (χ2v) is 9.24. The summed E-state index contributed by atoms with van der Waals surface area (Å²) in [4.78, 5) is 12.1. The summed E-state index contributed by atoms with van der Waals surface area (Å²) >= 11 is 3.31. The summed E-state index contributed by atoms with van der Waals surface area (Å²) in [5.74, 6) is 0.147. The molecule has 30 heavy (non-hydrogen) atoms. The van der Waals surface area contributed by atoms with Crippen molar-refractivity contribution in [3.8, 4) is 5.75 Å². The van der Waals surface area contributed by atoms with Crippen LogP contribution < -0.4 is 14.8 Å². The molecule has 6 nitrogen and oxygen atoms in total. The molecule has 0 spiro atoms. The molecule has 0 unspecified atom stereocenters. The van der Waals surface area contributed by atoms with Crippen molar-refractivity contribution in [3.63, 3.8) is 0 Å². The molecule has 0 aromatic heterocycles. The molecule has 0 radical (unpaired) electrons. The van der Waals surface area contributed by atoms with Gasteiger partial charge in [0, 0.05) is 16.7 Å². The number of halogens is 1. The minimum absolute atomic E-state index is 0.0988. The first kappa shape index (κ1) is 21.9. The second-order valence-electron chi connectivity index (χ2n) is 6.64. The van der Waals surface area contributed by atoms with Crippen molar-refractivity contribution in [2.45, 2.75) is 18.4 Å². The van der Waals surface area contributed by atoms with E-state index in [4.69, 9.17) is 4.74 Å². The van der Waals surface area contributed by atoms with E-state index in [1.807, 2.05) is 31.2 Å². The van der Waals surface area contributed by atoms with Crippen molar-refractivity contribution in [1.29, 1.82) is 0 Å². The Labute approximate surface area is 184 Å². The van der Waals surface area contributed by atoms with Gasteiger partial charge < -0.3 is 10.1 Å². The van der Waals surface area contributed by atoms with Gasteiger partial charge >= 0.3 is 0 Å². The van der Waals surface area contributed by atoms with Gasteiger partial charge in [0.25, 0.3) is 15.9 Å². The lowest BCUT2D eigenvalue weighted by Gasteiger charge is -2.10. The Morgan fingerprint density at radius 3 is 2.37 bits per heavy atom. The predicted octanol–water partition coefficient (Wildman–Crippen LogP) is 4.25. The van der Waals surface area contributed by atoms with Gasteiger partial charge in [-0.25, -0.2) is 8.42 Å². The average Bonchev–Trinajstić information content (AvgIpc) is 2.73. The van der Waals surface area contributed by atoms with Crippen LogP contribution in [0.15, 0.2) is 82.2 Å². The lowest BCUT2D eigenvalue weighted by atomic mass is 10.1. The highest BCUT2D eigenvalue weighted by Crippen LogP contribution is 2.20. The molecule has 3 rings (SSSR count). The summed E-state index contributed by atoms with van der Waals surface area (Å²) in [5, 5.41) is 2.79. The van der Waals surface area contributed by atoms with E-state index in [1.165, 1.54) is 24.3 Å². The molecule has 0 bridgehead atoms. The van der Waals surface area contributed by atoms with Gasteiger partial charge in [-0.2, -0.15) is 0 Å². The van der Waals surface area contributed by atoms with Crippen LogP contribution in [0.5, 0.6) is 5.75 Å². The third kappa shape index (κ3) is 6.33. The molecule has 0 fully saturated rings. The van der Waals surface area contributed by atoms with Crippen LogP contribution in [0.2, 0.25) is 0 Å². The molecule has 3 aromatic carbocycles. The number of hydrogen-bond acceptors (Lipinski definition) is 4. The van der Waals surface area contributed by atoms with Gasteiger partial charge in [0.05, 0.1) is 4.90 Å². The van der Waals surface area contributed by atoms with Gasteiger partial charge in [-0.3, -0.25) is 9.52 Å². The summed E-state index contributed by atoms with van der Waals surface area (Å²) in [6.45, 7) is 2.25. The fraction of sp³-hybridized carbons (Fsp3) is 0.136. The number of nitrogens with one attached hydrogen (secondary N) is 2. The van der Waals surface area contributed by atoms with E-state index in [9.17, 15) is 13.2 Å². The Morgan fingerprint density at radius 2 is 1.70 bits per heavy atom. The summed E-state index contributed by atoms with van der Waals surface area (Å²) in [7, 11) is -3.72. The number of aryl methyl sites for hydroxylation is 1. The van der Waals surface area contributed by atoms with Crippen LogP contribution in [0.25, 0.3) is 0 Å². The number of carbonyl (C=O) groups is 1. The van der Waals surface area contributed by atoms with Gasteiger partial charge in [0.2, 0.25) is 0 Å². The van der Waals surface area contributed by atoms with E-state index in [0.29, 0.717) is 18.0 Å². The first-order chi connectivity index (χ1) is 14.3. The Kier molecular flexibility index (Phi) is 7.12. The number of anilines is 1. The monoisotopic (exact) mass is 488 g/mol. The number of hydrogen-bond donors (Lipinski definition) is 2. The largest absolute Gasteiger partial charge is 0.484 e. The normalized spacial score (nSPS) is 11.0. The maximum absolute atomic E-state index is 12.5. The molecule has 0 aliphatic carbocycles. The highest BCUT2D eigenvalue weighted by atomic mass is 79.9. The lowest BCUT2D eigenvalue weighted by molar-refractivity contribution is -0.123. The fourth-order valence-corrected chi connectivity index (χ4v) is 3.99. The maximum atomic E-state index is 12.5. The highest BCUT2D eigenvalue weighted by molar-refractivity contribution is 9.10. The van der Waals surface area contributed by atoms with Crippen LogP contribution >= 0.6 is 15.9 Å². The lowest BCUT2D eigenvalue weighted by Crippen LogP contribution is -2.28. The predicted molar refractivity (Wildman–Crippen MR) is 120 cm³/mol. The molecule has 0 atom stereocenters. The van der Waals surface area contributed by atoms with Crippen molar-refractivity contribution in [1.82, 2.24) is 5.32 Å². The number of carbonyl (C=O) groups excluding carboxylic acids is 1. The Bertz CT molecular complexity index is 1110. The maximum Gasteiger partial charge on any atom is 0.261 e. The molecule has 2 N–H and O–H groups in total. The van der Waals surface area contributed by atoms with Crippen LogP contribution in [0, 0.1) is 6.92 Å². The molecule has 156 valence electrons. The van der Waals surface area contributed by atoms with Crippen LogP contribution in [-0.2, 0) is 21.4 Å². The number of ether oxygens (including phenoxy) is 1. The van der Waals surface area contributed by atoms with E-state index in [2.05, 4.69) is 26.0 Å². The first-order valence-electron chi connectivity index (χ1n) is 9.15. The molecule has 0 saturated heterocycles. The summed E-state index contributed by atoms with van der Waals surface area (Å²) < 4.78 is 33.8. The quantitative estimate of drug-likeness (QED) is 0.496. The van der Waals surface area contributed by atoms with Gasteiger partial charge in [0.15, 0.2) is 6.61 Å². The summed E-state index contributed by atoms with van der Waals surface area (Å²) in [6, 6.07) is 20.6. The fourth-order valence-electron chi connectivity index (χ4n) is 2.67. The van der Waals surface area contributed by atoms with E-state index in [-0.39, 0.29) is 17.4 Å². The van der Waals surface area contributed by atoms with Crippen LogP contribution in [0.1, 0.15) is 11.1 Å². The van der Waals surface area contributed by atoms with E-state index < -0.39 is 10.0 Å². The van der Waals surface area contributed by atoms with Crippen molar-refractivity contribution in [2.75, 3.05) is 11.3 Å². The van der Waals surface area contributed by atoms with E-state index >= 15 is 0 Å². The minimum Gasteiger partial charge on any atom is -0.484 e. The van der Waals surface area contributed by atoms with Gasteiger partial charge in [-0.15, -0.1) is 0 Å². The molecule has 8 heteroatoms. The molecule has 0 saturated carbocycles. The third-order valence-corrected chi connectivity index (χ3v) is 6.10. The van der Waals surface area contributed by atoms with Crippen molar-refractivity contribution in [3.05, 3.63) is 88.4 Å². The number of amides is 1. The van der Waals surface area contributed by atoms with Gasteiger partial charge in [0.1, 0.15) is 5.75 Å². The minimum atomic E-state index is -3.72. The first-order valence-corrected chi connectivity index (χ1v) is 11.4. The van der Waals surface area contributed by atoms with E-state index in [1.54, 1.807) is 24.3 Å². The third-order valence-electron chi connectivity index (χ3n) is 4.17. The van der Waals surface area contributed by atoms with Crippen molar-refractivity contribution in [2.24, 2.45) is 0 Å². The molecule has 0 heterocycles. The van der Waals surface area contributed by atoms with E-state index in [0.717, 1.165) is 15.6 Å². The number of rotatable bonds is 8. The van der Waals surface area contributed by atoms with Crippen molar-refractivity contribution >= 4 is 37.5 Å². The van der Waals surface area contributed by atoms with Crippen LogP contribution in [-0.4, -0.2) is 20.9 Å².